The topological polar surface area (TPSA) is 110 Å². The van der Waals surface area contributed by atoms with Gasteiger partial charge in [-0.15, -0.1) is 5.10 Å². The fourth-order valence-electron chi connectivity index (χ4n) is 2.70. The van der Waals surface area contributed by atoms with Crippen LogP contribution in [-0.2, 0) is 14.3 Å². The van der Waals surface area contributed by atoms with Crippen molar-refractivity contribution < 1.29 is 14.3 Å². The molecule has 0 saturated carbocycles. The van der Waals surface area contributed by atoms with E-state index in [1.54, 1.807) is 6.07 Å². The molecule has 25 heavy (non-hydrogen) atoms. The molecular formula is C17H25N5O3. The first-order chi connectivity index (χ1) is 11.8. The maximum absolute atomic E-state index is 12.1. The highest BCUT2D eigenvalue weighted by atomic mass is 16.5. The first-order valence-electron chi connectivity index (χ1n) is 8.28. The highest BCUT2D eigenvalue weighted by molar-refractivity contribution is 6.22. The summed E-state index contributed by atoms with van der Waals surface area (Å²) in [6.07, 6.45) is 1.27. The van der Waals surface area contributed by atoms with Gasteiger partial charge in [-0.25, -0.2) is 0 Å². The van der Waals surface area contributed by atoms with Crippen LogP contribution in [0.1, 0.15) is 32.2 Å². The lowest BCUT2D eigenvalue weighted by atomic mass is 10.0. The molecule has 0 unspecified atom stereocenters. The molecule has 8 heteroatoms. The number of nitrogens with two attached hydrogens (primary N) is 1. The third kappa shape index (κ3) is 4.54. The average molecular weight is 347 g/mol. The maximum Gasteiger partial charge on any atom is 0.261 e. The van der Waals surface area contributed by atoms with Gasteiger partial charge in [0.25, 0.3) is 5.91 Å². The molecule has 0 spiro atoms. The van der Waals surface area contributed by atoms with Gasteiger partial charge < -0.3 is 15.4 Å². The Hall–Kier alpha value is -2.48. The van der Waals surface area contributed by atoms with Crippen LogP contribution >= 0.6 is 0 Å². The van der Waals surface area contributed by atoms with E-state index in [0.29, 0.717) is 18.2 Å². The number of amides is 2. The summed E-state index contributed by atoms with van der Waals surface area (Å²) in [5, 5.41) is 10.4. The zero-order valence-electron chi connectivity index (χ0n) is 15.1. The molecule has 1 atom stereocenters. The number of aromatic nitrogens is 2. The van der Waals surface area contributed by atoms with Gasteiger partial charge in [-0.1, -0.05) is 13.8 Å². The van der Waals surface area contributed by atoms with Gasteiger partial charge >= 0.3 is 0 Å². The van der Waals surface area contributed by atoms with E-state index in [4.69, 9.17) is 10.5 Å². The number of nitrogens with one attached hydrogen (secondary N) is 1. The van der Waals surface area contributed by atoms with Gasteiger partial charge in [0.2, 0.25) is 5.91 Å². The van der Waals surface area contributed by atoms with Crippen LogP contribution in [0.15, 0.2) is 12.3 Å². The van der Waals surface area contributed by atoms with Crippen LogP contribution in [0.25, 0.3) is 5.57 Å². The molecule has 3 N–H and O–H groups in total. The van der Waals surface area contributed by atoms with Crippen molar-refractivity contribution in [1.82, 2.24) is 15.5 Å². The zero-order valence-corrected chi connectivity index (χ0v) is 15.1. The van der Waals surface area contributed by atoms with Crippen molar-refractivity contribution in [1.29, 1.82) is 0 Å². The summed E-state index contributed by atoms with van der Waals surface area (Å²) in [6, 6.07) is 1.78. The molecule has 1 aromatic heterocycles. The summed E-state index contributed by atoms with van der Waals surface area (Å²) in [6.45, 7) is 9.48. The van der Waals surface area contributed by atoms with Gasteiger partial charge in [0.05, 0.1) is 29.7 Å². The van der Waals surface area contributed by atoms with Crippen LogP contribution in [0, 0.1) is 12.8 Å². The van der Waals surface area contributed by atoms with Crippen molar-refractivity contribution >= 4 is 23.1 Å². The fraction of sp³-hybridized carbons (Fsp3) is 0.529. The van der Waals surface area contributed by atoms with Crippen LogP contribution in [0.3, 0.4) is 0 Å². The molecule has 2 heterocycles. The summed E-state index contributed by atoms with van der Waals surface area (Å²) in [4.78, 5) is 25.4. The average Bonchev–Trinajstić information content (AvgIpc) is 2.56. The van der Waals surface area contributed by atoms with Crippen molar-refractivity contribution in [2.24, 2.45) is 11.7 Å². The monoisotopic (exact) mass is 347 g/mol. The number of imide groups is 1. The zero-order chi connectivity index (χ0) is 18.6. The van der Waals surface area contributed by atoms with Crippen molar-refractivity contribution in [3.05, 3.63) is 23.7 Å². The van der Waals surface area contributed by atoms with E-state index in [-0.39, 0.29) is 11.7 Å². The van der Waals surface area contributed by atoms with Crippen molar-refractivity contribution in [2.75, 3.05) is 24.6 Å². The number of nitrogens with zero attached hydrogens (tertiary/aromatic N) is 3. The van der Waals surface area contributed by atoms with E-state index < -0.39 is 11.8 Å². The second-order valence-electron chi connectivity index (χ2n) is 6.39. The molecule has 0 radical (unpaired) electrons. The smallest absolute Gasteiger partial charge is 0.261 e. The number of hydrogen-bond acceptors (Lipinski definition) is 7. The Balaban J connectivity index is 2.30. The van der Waals surface area contributed by atoms with Gasteiger partial charge in [0.1, 0.15) is 5.69 Å². The highest BCUT2D eigenvalue weighted by Gasteiger charge is 2.25. The molecule has 1 aromatic rings. The molecule has 8 nitrogen and oxygen atoms in total. The Kier molecular flexibility index (Phi) is 6.08. The number of anilines is 1. The van der Waals surface area contributed by atoms with Crippen molar-refractivity contribution in [3.8, 4) is 0 Å². The second-order valence-corrected chi connectivity index (χ2v) is 6.39. The normalized spacial score (nSPS) is 18.4. The van der Waals surface area contributed by atoms with Crippen LogP contribution in [-0.4, -0.2) is 47.8 Å². The fourth-order valence-corrected chi connectivity index (χ4v) is 2.70. The van der Waals surface area contributed by atoms with Crippen LogP contribution in [0.2, 0.25) is 0 Å². The number of rotatable bonds is 4. The lowest BCUT2D eigenvalue weighted by molar-refractivity contribution is -0.126. The lowest BCUT2D eigenvalue weighted by Crippen LogP contribution is -2.45. The van der Waals surface area contributed by atoms with E-state index in [1.165, 1.54) is 6.92 Å². The Bertz CT molecular complexity index is 687. The summed E-state index contributed by atoms with van der Waals surface area (Å²) in [5.74, 6) is -0.656. The predicted molar refractivity (Wildman–Crippen MR) is 94.5 cm³/mol. The number of ether oxygens (including phenoxy) is 1. The SMILES string of the molecule is CC(=O)NC(=O)/C(=C\N)c1cc(N2CCO[C@@H](C(C)C)C2)c(C)nn1. The summed E-state index contributed by atoms with van der Waals surface area (Å²) < 4.78 is 5.80. The van der Waals surface area contributed by atoms with Gasteiger partial charge in [-0.2, -0.15) is 5.10 Å². The molecule has 2 rings (SSSR count). The van der Waals surface area contributed by atoms with E-state index in [9.17, 15) is 9.59 Å². The molecule has 0 bridgehead atoms. The van der Waals surface area contributed by atoms with E-state index in [0.717, 1.165) is 30.7 Å². The first-order valence-corrected chi connectivity index (χ1v) is 8.28. The molecule has 1 aliphatic rings. The third-order valence-corrected chi connectivity index (χ3v) is 4.11. The van der Waals surface area contributed by atoms with E-state index in [1.807, 2.05) is 6.92 Å². The standard InChI is InChI=1S/C17H25N5O3/c1-10(2)16-9-22(5-6-25-16)15-7-14(21-20-11(15)3)13(8-18)17(24)19-12(4)23/h7-8,10,16H,5-6,9,18H2,1-4H3,(H,19,23,24)/b13-8-/t16-/m1/s1. The van der Waals surface area contributed by atoms with E-state index in [2.05, 4.69) is 34.3 Å². The molecule has 0 aliphatic carbocycles. The quantitative estimate of drug-likeness (QED) is 0.768. The largest absolute Gasteiger partial charge is 0.404 e. The Morgan fingerprint density at radius 3 is 2.76 bits per heavy atom. The number of hydrogen-bond donors (Lipinski definition) is 2. The van der Waals surface area contributed by atoms with Crippen molar-refractivity contribution in [3.63, 3.8) is 0 Å². The summed E-state index contributed by atoms with van der Waals surface area (Å²) in [5.41, 5.74) is 7.66. The summed E-state index contributed by atoms with van der Waals surface area (Å²) in [7, 11) is 0. The first kappa shape index (κ1) is 18.9. The van der Waals surface area contributed by atoms with Crippen molar-refractivity contribution in [2.45, 2.75) is 33.8 Å². The molecule has 1 fully saturated rings. The molecule has 136 valence electrons. The molecule has 1 saturated heterocycles. The predicted octanol–water partition coefficient (Wildman–Crippen LogP) is 0.609. The molecule has 1 aliphatic heterocycles. The second kappa shape index (κ2) is 8.06. The van der Waals surface area contributed by atoms with Crippen LogP contribution in [0.5, 0.6) is 0 Å². The number of carbonyl (C=O) groups is 2. The molecule has 0 aromatic carbocycles. The minimum absolute atomic E-state index is 0.109. The number of morpholine rings is 1. The minimum Gasteiger partial charge on any atom is -0.404 e. The summed E-state index contributed by atoms with van der Waals surface area (Å²) >= 11 is 0. The third-order valence-electron chi connectivity index (χ3n) is 4.11. The Labute approximate surface area is 147 Å². The van der Waals surface area contributed by atoms with Gasteiger partial charge in [-0.05, 0) is 18.9 Å². The van der Waals surface area contributed by atoms with Crippen LogP contribution < -0.4 is 16.0 Å². The highest BCUT2D eigenvalue weighted by Crippen LogP contribution is 2.25. The maximum atomic E-state index is 12.1. The number of carbonyl (C=O) groups excluding carboxylic acids is 2. The lowest BCUT2D eigenvalue weighted by Gasteiger charge is -2.36. The van der Waals surface area contributed by atoms with Gasteiger partial charge in [-0.3, -0.25) is 14.9 Å². The van der Waals surface area contributed by atoms with Gasteiger partial charge in [0, 0.05) is 26.2 Å². The number of aryl methyl sites for hydroxylation is 1. The van der Waals surface area contributed by atoms with E-state index >= 15 is 0 Å². The minimum atomic E-state index is -0.596. The van der Waals surface area contributed by atoms with Gasteiger partial charge in [0.15, 0.2) is 0 Å². The van der Waals surface area contributed by atoms with Crippen LogP contribution in [0.4, 0.5) is 5.69 Å². The Morgan fingerprint density at radius 1 is 1.44 bits per heavy atom. The Morgan fingerprint density at radius 2 is 2.16 bits per heavy atom. The molecular weight excluding hydrogens is 322 g/mol. The molecule has 2 amide bonds.